The van der Waals surface area contributed by atoms with Gasteiger partial charge in [-0.15, -0.1) is 0 Å². The predicted octanol–water partition coefficient (Wildman–Crippen LogP) is 6.04. The quantitative estimate of drug-likeness (QED) is 0.334. The van der Waals surface area contributed by atoms with Crippen LogP contribution in [-0.4, -0.2) is 21.0 Å². The van der Waals surface area contributed by atoms with Crippen LogP contribution in [0.25, 0.3) is 22.3 Å². The smallest absolute Gasteiger partial charge is 0.434 e. The lowest BCUT2D eigenvalue weighted by atomic mass is 9.95. The summed E-state index contributed by atoms with van der Waals surface area (Å²) in [4.78, 5) is 18.2. The molecule has 2 N–H and O–H groups in total. The highest BCUT2D eigenvalue weighted by atomic mass is 19.4. The molecule has 1 heterocycles. The SMILES string of the molecule is O=C(O)c1cnc(NCc2cccc(-c3cccc4c3Cc3ccccc3-4)c2)nc1C(F)(F)F. The Balaban J connectivity index is 1.41. The minimum atomic E-state index is -4.90. The summed E-state index contributed by atoms with van der Waals surface area (Å²) in [6.45, 7) is 0.173. The van der Waals surface area contributed by atoms with E-state index in [1.165, 1.54) is 22.3 Å². The van der Waals surface area contributed by atoms with Crippen molar-refractivity contribution in [2.45, 2.75) is 19.1 Å². The number of nitrogens with one attached hydrogen (secondary N) is 1. The molecule has 0 saturated carbocycles. The Labute approximate surface area is 192 Å². The average molecular weight is 461 g/mol. The highest BCUT2D eigenvalue weighted by molar-refractivity contribution is 5.89. The molecular weight excluding hydrogens is 443 g/mol. The van der Waals surface area contributed by atoms with Crippen LogP contribution in [0.4, 0.5) is 19.1 Å². The second-order valence-electron chi connectivity index (χ2n) is 7.98. The van der Waals surface area contributed by atoms with Gasteiger partial charge in [-0.2, -0.15) is 13.2 Å². The third kappa shape index (κ3) is 3.98. The van der Waals surface area contributed by atoms with Crippen LogP contribution in [0.2, 0.25) is 0 Å². The zero-order chi connectivity index (χ0) is 23.9. The molecule has 0 aliphatic heterocycles. The number of aromatic nitrogens is 2. The molecule has 1 aliphatic rings. The molecule has 0 bridgehead atoms. The van der Waals surface area contributed by atoms with E-state index in [4.69, 9.17) is 5.11 Å². The van der Waals surface area contributed by atoms with Gasteiger partial charge in [-0.05, 0) is 51.4 Å². The molecule has 1 aromatic heterocycles. The van der Waals surface area contributed by atoms with Gasteiger partial charge in [0.05, 0.1) is 0 Å². The van der Waals surface area contributed by atoms with Crippen molar-refractivity contribution >= 4 is 11.9 Å². The van der Waals surface area contributed by atoms with E-state index in [9.17, 15) is 18.0 Å². The van der Waals surface area contributed by atoms with Crippen LogP contribution in [0.1, 0.15) is 32.7 Å². The second-order valence-corrected chi connectivity index (χ2v) is 7.98. The van der Waals surface area contributed by atoms with Crippen molar-refractivity contribution in [3.8, 4) is 22.3 Å². The number of rotatable bonds is 5. The first-order valence-corrected chi connectivity index (χ1v) is 10.5. The molecule has 4 aromatic rings. The number of carbonyl (C=O) groups is 1. The van der Waals surface area contributed by atoms with Gasteiger partial charge in [0, 0.05) is 12.7 Å². The Morgan fingerprint density at radius 3 is 2.50 bits per heavy atom. The summed E-state index contributed by atoms with van der Waals surface area (Å²) in [7, 11) is 0. The third-order valence-corrected chi connectivity index (χ3v) is 5.83. The predicted molar refractivity (Wildman–Crippen MR) is 121 cm³/mol. The Hall–Kier alpha value is -4.20. The number of anilines is 1. The summed E-state index contributed by atoms with van der Waals surface area (Å²) < 4.78 is 39.7. The molecule has 5 nitrogen and oxygen atoms in total. The number of fused-ring (bicyclic) bond motifs is 3. The normalized spacial score (nSPS) is 12.2. The highest BCUT2D eigenvalue weighted by Gasteiger charge is 2.38. The fourth-order valence-electron chi connectivity index (χ4n) is 4.30. The van der Waals surface area contributed by atoms with Crippen molar-refractivity contribution in [2.75, 3.05) is 5.32 Å². The summed E-state index contributed by atoms with van der Waals surface area (Å²) in [6.07, 6.45) is -3.39. The van der Waals surface area contributed by atoms with Crippen molar-refractivity contribution < 1.29 is 23.1 Å². The van der Waals surface area contributed by atoms with Crippen molar-refractivity contribution in [3.63, 3.8) is 0 Å². The van der Waals surface area contributed by atoms with E-state index in [2.05, 4.69) is 39.6 Å². The molecule has 0 saturated heterocycles. The molecule has 170 valence electrons. The highest BCUT2D eigenvalue weighted by Crippen LogP contribution is 2.41. The molecule has 34 heavy (non-hydrogen) atoms. The number of benzene rings is 3. The van der Waals surface area contributed by atoms with E-state index in [1.807, 2.05) is 42.5 Å². The largest absolute Gasteiger partial charge is 0.478 e. The van der Waals surface area contributed by atoms with Crippen LogP contribution >= 0.6 is 0 Å². The summed E-state index contributed by atoms with van der Waals surface area (Å²) in [5, 5.41) is 11.8. The first-order valence-electron chi connectivity index (χ1n) is 10.5. The Kier molecular flexibility index (Phi) is 5.28. The standard InChI is InChI=1S/C26H18F3N3O2/c27-26(28,29)23-22(24(33)34)14-31-25(32-23)30-13-15-5-3-7-16(11-15)19-9-4-10-20-18-8-2-1-6-17(18)12-21(19)20/h1-11,14H,12-13H2,(H,33,34)(H,30,31,32). The van der Waals surface area contributed by atoms with Crippen LogP contribution < -0.4 is 5.32 Å². The number of hydrogen-bond acceptors (Lipinski definition) is 4. The Morgan fingerprint density at radius 2 is 1.71 bits per heavy atom. The van der Waals surface area contributed by atoms with E-state index in [-0.39, 0.29) is 12.5 Å². The zero-order valence-corrected chi connectivity index (χ0v) is 17.7. The first kappa shape index (κ1) is 21.6. The van der Waals surface area contributed by atoms with Crippen molar-refractivity contribution in [2.24, 2.45) is 0 Å². The van der Waals surface area contributed by atoms with Gasteiger partial charge in [-0.25, -0.2) is 14.8 Å². The Morgan fingerprint density at radius 1 is 0.971 bits per heavy atom. The van der Waals surface area contributed by atoms with Gasteiger partial charge >= 0.3 is 12.1 Å². The lowest BCUT2D eigenvalue weighted by Crippen LogP contribution is -2.18. The summed E-state index contributed by atoms with van der Waals surface area (Å²) in [5.41, 5.74) is 5.44. The maximum atomic E-state index is 13.2. The number of carboxylic acids is 1. The lowest BCUT2D eigenvalue weighted by molar-refractivity contribution is -0.141. The molecule has 0 fully saturated rings. The molecule has 0 radical (unpaired) electrons. The van der Waals surface area contributed by atoms with Gasteiger partial charge in [0.25, 0.3) is 0 Å². The lowest BCUT2D eigenvalue weighted by Gasteiger charge is -2.13. The summed E-state index contributed by atoms with van der Waals surface area (Å²) in [6, 6.07) is 22.2. The van der Waals surface area contributed by atoms with Crippen molar-refractivity contribution in [3.05, 3.63) is 101 Å². The number of alkyl halides is 3. The monoisotopic (exact) mass is 461 g/mol. The van der Waals surface area contributed by atoms with Crippen molar-refractivity contribution in [1.29, 1.82) is 0 Å². The molecule has 0 amide bonds. The topological polar surface area (TPSA) is 75.1 Å². The maximum Gasteiger partial charge on any atom is 0.434 e. The second kappa shape index (κ2) is 8.30. The molecule has 0 spiro atoms. The molecule has 8 heteroatoms. The Bertz CT molecular complexity index is 1420. The molecule has 3 aromatic carbocycles. The van der Waals surface area contributed by atoms with E-state index in [0.717, 1.165) is 23.1 Å². The maximum absolute atomic E-state index is 13.2. The van der Waals surface area contributed by atoms with Crippen LogP contribution in [0.15, 0.2) is 72.9 Å². The van der Waals surface area contributed by atoms with E-state index >= 15 is 0 Å². The van der Waals surface area contributed by atoms with E-state index in [0.29, 0.717) is 6.20 Å². The minimum Gasteiger partial charge on any atom is -0.478 e. The summed E-state index contributed by atoms with van der Waals surface area (Å²) >= 11 is 0. The van der Waals surface area contributed by atoms with Crippen LogP contribution in [0, 0.1) is 0 Å². The number of hydrogen-bond donors (Lipinski definition) is 2. The first-order chi connectivity index (χ1) is 16.3. The molecule has 1 aliphatic carbocycles. The minimum absolute atomic E-state index is 0.173. The average Bonchev–Trinajstić information content (AvgIpc) is 3.21. The van der Waals surface area contributed by atoms with Gasteiger partial charge in [-0.1, -0.05) is 60.7 Å². The molecule has 0 unspecified atom stereocenters. The van der Waals surface area contributed by atoms with Crippen LogP contribution in [-0.2, 0) is 19.1 Å². The number of aromatic carboxylic acids is 1. The van der Waals surface area contributed by atoms with E-state index in [1.54, 1.807) is 0 Å². The molecule has 0 atom stereocenters. The van der Waals surface area contributed by atoms with Gasteiger partial charge in [0.1, 0.15) is 5.56 Å². The molecular formula is C26H18F3N3O2. The molecule has 5 rings (SSSR count). The number of carboxylic acid groups (broad SMARTS) is 1. The van der Waals surface area contributed by atoms with Gasteiger partial charge in [0.15, 0.2) is 5.69 Å². The fourth-order valence-corrected chi connectivity index (χ4v) is 4.30. The van der Waals surface area contributed by atoms with Gasteiger partial charge < -0.3 is 10.4 Å². The van der Waals surface area contributed by atoms with Crippen LogP contribution in [0.3, 0.4) is 0 Å². The summed E-state index contributed by atoms with van der Waals surface area (Å²) in [5.74, 6) is -2.03. The van der Waals surface area contributed by atoms with Gasteiger partial charge in [0.2, 0.25) is 5.95 Å². The number of halogens is 3. The van der Waals surface area contributed by atoms with E-state index < -0.39 is 23.4 Å². The van der Waals surface area contributed by atoms with Gasteiger partial charge in [-0.3, -0.25) is 0 Å². The number of nitrogens with zero attached hydrogens (tertiary/aromatic N) is 2. The zero-order valence-electron chi connectivity index (χ0n) is 17.7. The van der Waals surface area contributed by atoms with Crippen LogP contribution in [0.5, 0.6) is 0 Å². The van der Waals surface area contributed by atoms with Crippen molar-refractivity contribution in [1.82, 2.24) is 9.97 Å². The fraction of sp³-hybridized carbons (Fsp3) is 0.115. The third-order valence-electron chi connectivity index (χ3n) is 5.83.